The van der Waals surface area contributed by atoms with Gasteiger partial charge in [0.05, 0.1) is 10.6 Å². The molecule has 1 amide bonds. The number of hydrogen-bond donors (Lipinski definition) is 2. The maximum absolute atomic E-state index is 13.7. The first-order valence-electron chi connectivity index (χ1n) is 9.04. The van der Waals surface area contributed by atoms with Crippen LogP contribution in [-0.4, -0.2) is 33.4 Å². The summed E-state index contributed by atoms with van der Waals surface area (Å²) >= 11 is 0. The summed E-state index contributed by atoms with van der Waals surface area (Å²) in [5, 5.41) is 2.79. The van der Waals surface area contributed by atoms with Crippen LogP contribution >= 0.6 is 0 Å². The van der Waals surface area contributed by atoms with Crippen molar-refractivity contribution < 1.29 is 17.6 Å². The van der Waals surface area contributed by atoms with E-state index in [0.29, 0.717) is 12.1 Å². The number of pyridine rings is 1. The minimum absolute atomic E-state index is 0.0768. The van der Waals surface area contributed by atoms with Crippen molar-refractivity contribution in [3.8, 4) is 0 Å². The highest BCUT2D eigenvalue weighted by Gasteiger charge is 2.17. The molecule has 0 radical (unpaired) electrons. The standard InChI is InChI=1S/C21H21FN4O3S/c1-26(2)20-13-15(11-12-23-20)14-24-21(27)16-7-9-17(10-8-16)30(28,29)25-19-6-4-3-5-18(19)22/h3-13,25H,14H2,1-2H3,(H,24,27). The minimum atomic E-state index is -3.98. The van der Waals surface area contributed by atoms with Crippen molar-refractivity contribution in [1.29, 1.82) is 0 Å². The van der Waals surface area contributed by atoms with Crippen LogP contribution in [0.1, 0.15) is 15.9 Å². The zero-order valence-corrected chi connectivity index (χ0v) is 17.3. The number of nitrogens with zero attached hydrogens (tertiary/aromatic N) is 2. The number of rotatable bonds is 7. The second-order valence-electron chi connectivity index (χ2n) is 6.71. The number of nitrogens with one attached hydrogen (secondary N) is 2. The molecule has 2 aromatic carbocycles. The molecule has 0 fully saturated rings. The van der Waals surface area contributed by atoms with Crippen molar-refractivity contribution in [3.63, 3.8) is 0 Å². The van der Waals surface area contributed by atoms with Crippen LogP contribution in [0.5, 0.6) is 0 Å². The van der Waals surface area contributed by atoms with Gasteiger partial charge in [0.15, 0.2) is 0 Å². The van der Waals surface area contributed by atoms with Gasteiger partial charge in [-0.2, -0.15) is 0 Å². The lowest BCUT2D eigenvalue weighted by molar-refractivity contribution is 0.0951. The van der Waals surface area contributed by atoms with Gasteiger partial charge in [-0.3, -0.25) is 9.52 Å². The molecule has 0 saturated carbocycles. The normalized spacial score (nSPS) is 11.0. The Morgan fingerprint density at radius 2 is 1.77 bits per heavy atom. The quantitative estimate of drug-likeness (QED) is 0.604. The lowest BCUT2D eigenvalue weighted by atomic mass is 10.2. The first kappa shape index (κ1) is 21.3. The van der Waals surface area contributed by atoms with Crippen molar-refractivity contribution >= 4 is 27.4 Å². The number of carbonyl (C=O) groups excluding carboxylic acids is 1. The average Bonchev–Trinajstić information content (AvgIpc) is 2.74. The van der Waals surface area contributed by atoms with E-state index < -0.39 is 15.8 Å². The van der Waals surface area contributed by atoms with E-state index in [0.717, 1.165) is 17.4 Å². The molecule has 0 aliphatic rings. The first-order valence-corrected chi connectivity index (χ1v) is 10.5. The number of aromatic nitrogens is 1. The summed E-state index contributed by atoms with van der Waals surface area (Å²) in [6, 6.07) is 14.6. The molecule has 0 aliphatic carbocycles. The molecule has 2 N–H and O–H groups in total. The molecule has 0 unspecified atom stereocenters. The van der Waals surface area contributed by atoms with Crippen LogP contribution in [0.15, 0.2) is 71.8 Å². The van der Waals surface area contributed by atoms with Crippen LogP contribution in [-0.2, 0) is 16.6 Å². The molecule has 30 heavy (non-hydrogen) atoms. The highest BCUT2D eigenvalue weighted by Crippen LogP contribution is 2.19. The number of carbonyl (C=O) groups is 1. The third kappa shape index (κ3) is 5.12. The van der Waals surface area contributed by atoms with Gasteiger partial charge in [-0.1, -0.05) is 12.1 Å². The van der Waals surface area contributed by atoms with Crippen LogP contribution in [0, 0.1) is 5.82 Å². The summed E-state index contributed by atoms with van der Waals surface area (Å²) in [7, 11) is -0.227. The van der Waals surface area contributed by atoms with Crippen LogP contribution in [0.3, 0.4) is 0 Å². The molecule has 7 nitrogen and oxygen atoms in total. The van der Waals surface area contributed by atoms with Crippen molar-refractivity contribution in [1.82, 2.24) is 10.3 Å². The summed E-state index contributed by atoms with van der Waals surface area (Å²) in [5.41, 5.74) is 1.05. The lowest BCUT2D eigenvalue weighted by Gasteiger charge is -2.12. The maximum Gasteiger partial charge on any atom is 0.261 e. The molecular weight excluding hydrogens is 407 g/mol. The summed E-state index contributed by atoms with van der Waals surface area (Å²) in [4.78, 5) is 18.4. The highest BCUT2D eigenvalue weighted by atomic mass is 32.2. The highest BCUT2D eigenvalue weighted by molar-refractivity contribution is 7.92. The third-order valence-electron chi connectivity index (χ3n) is 4.27. The zero-order chi connectivity index (χ0) is 21.7. The van der Waals surface area contributed by atoms with E-state index in [-0.39, 0.29) is 16.5 Å². The Labute approximate surface area is 174 Å². The van der Waals surface area contributed by atoms with Crippen molar-refractivity contribution in [2.45, 2.75) is 11.4 Å². The minimum Gasteiger partial charge on any atom is -0.363 e. The third-order valence-corrected chi connectivity index (χ3v) is 5.65. The van der Waals surface area contributed by atoms with Gasteiger partial charge in [0, 0.05) is 32.4 Å². The Balaban J connectivity index is 1.67. The molecule has 3 aromatic rings. The van der Waals surface area contributed by atoms with Gasteiger partial charge < -0.3 is 10.2 Å². The van der Waals surface area contributed by atoms with E-state index in [1.54, 1.807) is 12.3 Å². The summed E-state index contributed by atoms with van der Waals surface area (Å²) < 4.78 is 40.8. The number of amides is 1. The molecule has 0 spiro atoms. The van der Waals surface area contributed by atoms with E-state index in [2.05, 4.69) is 15.0 Å². The predicted molar refractivity (Wildman–Crippen MR) is 113 cm³/mol. The van der Waals surface area contributed by atoms with Gasteiger partial charge in [-0.05, 0) is 54.1 Å². The Kier molecular flexibility index (Phi) is 6.31. The monoisotopic (exact) mass is 428 g/mol. The van der Waals surface area contributed by atoms with E-state index in [1.807, 2.05) is 25.1 Å². The zero-order valence-electron chi connectivity index (χ0n) is 16.5. The molecular formula is C21H21FN4O3S. The number of benzene rings is 2. The molecule has 1 aromatic heterocycles. The van der Waals surface area contributed by atoms with Gasteiger partial charge in [-0.25, -0.2) is 17.8 Å². The molecule has 9 heteroatoms. The van der Waals surface area contributed by atoms with E-state index >= 15 is 0 Å². The number of halogens is 1. The summed E-state index contributed by atoms with van der Waals surface area (Å²) in [5.74, 6) is -0.242. The van der Waals surface area contributed by atoms with E-state index in [1.165, 1.54) is 42.5 Å². The van der Waals surface area contributed by atoms with Gasteiger partial charge >= 0.3 is 0 Å². The van der Waals surface area contributed by atoms with Crippen LogP contribution in [0.25, 0.3) is 0 Å². The summed E-state index contributed by atoms with van der Waals surface area (Å²) in [6.07, 6.45) is 1.67. The Bertz CT molecular complexity index is 1150. The summed E-state index contributed by atoms with van der Waals surface area (Å²) in [6.45, 7) is 0.303. The molecule has 3 rings (SSSR count). The predicted octanol–water partition coefficient (Wildman–Crippen LogP) is 3.02. The molecule has 0 aliphatic heterocycles. The molecule has 0 saturated heterocycles. The van der Waals surface area contributed by atoms with Crippen molar-refractivity contribution in [2.24, 2.45) is 0 Å². The number of hydrogen-bond acceptors (Lipinski definition) is 5. The van der Waals surface area contributed by atoms with E-state index in [9.17, 15) is 17.6 Å². The first-order chi connectivity index (χ1) is 14.3. The number of sulfonamides is 1. The van der Waals surface area contributed by atoms with Gasteiger partial charge in [0.2, 0.25) is 0 Å². The van der Waals surface area contributed by atoms with Crippen LogP contribution in [0.2, 0.25) is 0 Å². The Hall–Kier alpha value is -3.46. The van der Waals surface area contributed by atoms with Gasteiger partial charge in [0.25, 0.3) is 15.9 Å². The Morgan fingerprint density at radius 3 is 2.43 bits per heavy atom. The van der Waals surface area contributed by atoms with Crippen LogP contribution in [0.4, 0.5) is 15.9 Å². The van der Waals surface area contributed by atoms with Gasteiger partial charge in [-0.15, -0.1) is 0 Å². The van der Waals surface area contributed by atoms with Gasteiger partial charge in [0.1, 0.15) is 11.6 Å². The Morgan fingerprint density at radius 1 is 1.07 bits per heavy atom. The van der Waals surface area contributed by atoms with Crippen LogP contribution < -0.4 is 14.9 Å². The fourth-order valence-electron chi connectivity index (χ4n) is 2.63. The number of anilines is 2. The van der Waals surface area contributed by atoms with Crippen molar-refractivity contribution in [3.05, 3.63) is 83.8 Å². The van der Waals surface area contributed by atoms with E-state index in [4.69, 9.17) is 0 Å². The SMILES string of the molecule is CN(C)c1cc(CNC(=O)c2ccc(S(=O)(=O)Nc3ccccc3F)cc2)ccn1. The largest absolute Gasteiger partial charge is 0.363 e. The molecule has 1 heterocycles. The topological polar surface area (TPSA) is 91.4 Å². The smallest absolute Gasteiger partial charge is 0.261 e. The molecule has 0 bridgehead atoms. The molecule has 0 atom stereocenters. The maximum atomic E-state index is 13.7. The second kappa shape index (κ2) is 8.91. The number of para-hydroxylation sites is 1. The van der Waals surface area contributed by atoms with Crippen molar-refractivity contribution in [2.75, 3.05) is 23.7 Å². The second-order valence-corrected chi connectivity index (χ2v) is 8.39. The fraction of sp³-hybridized carbons (Fsp3) is 0.143. The average molecular weight is 428 g/mol. The fourth-order valence-corrected chi connectivity index (χ4v) is 3.70. The molecule has 156 valence electrons. The lowest BCUT2D eigenvalue weighted by Crippen LogP contribution is -2.23.